The molecule has 0 aliphatic carbocycles. The topological polar surface area (TPSA) is 53.9 Å². The van der Waals surface area contributed by atoms with Gasteiger partial charge in [0.2, 0.25) is 0 Å². The van der Waals surface area contributed by atoms with Crippen molar-refractivity contribution in [2.45, 2.75) is 19.5 Å². The van der Waals surface area contributed by atoms with Crippen LogP contribution in [0.2, 0.25) is 0 Å². The summed E-state index contributed by atoms with van der Waals surface area (Å²) in [5.74, 6) is 0.878. The van der Waals surface area contributed by atoms with Crippen LogP contribution in [0.4, 0.5) is 0 Å². The molecule has 0 radical (unpaired) electrons. The molecule has 1 aliphatic heterocycles. The Morgan fingerprint density at radius 1 is 1.41 bits per heavy atom. The summed E-state index contributed by atoms with van der Waals surface area (Å²) in [5, 5.41) is 10.8. The summed E-state index contributed by atoms with van der Waals surface area (Å²) in [6, 6.07) is 2.15. The van der Waals surface area contributed by atoms with E-state index in [-0.39, 0.29) is 5.69 Å². The van der Waals surface area contributed by atoms with Crippen LogP contribution >= 0.6 is 11.3 Å². The molecule has 3 heterocycles. The zero-order valence-electron chi connectivity index (χ0n) is 9.43. The minimum atomic E-state index is -0.0858. The van der Waals surface area contributed by atoms with Gasteiger partial charge in [0.1, 0.15) is 5.82 Å². The number of nitrogens with zero attached hydrogens (tertiary/aromatic N) is 3. The van der Waals surface area contributed by atoms with E-state index in [2.05, 4.69) is 31.9 Å². The van der Waals surface area contributed by atoms with E-state index in [9.17, 15) is 4.79 Å². The average Bonchev–Trinajstić information content (AvgIpc) is 2.88. The highest BCUT2D eigenvalue weighted by atomic mass is 32.1. The lowest BCUT2D eigenvalue weighted by atomic mass is 10.3. The second kappa shape index (κ2) is 4.46. The van der Waals surface area contributed by atoms with Crippen LogP contribution in [-0.2, 0) is 19.5 Å². The van der Waals surface area contributed by atoms with Crippen molar-refractivity contribution < 1.29 is 0 Å². The van der Waals surface area contributed by atoms with Crippen LogP contribution < -0.4 is 5.69 Å². The van der Waals surface area contributed by atoms with Crippen LogP contribution in [0.1, 0.15) is 11.4 Å². The van der Waals surface area contributed by atoms with Crippen LogP contribution in [-0.4, -0.2) is 32.8 Å². The highest BCUT2D eigenvalue weighted by Gasteiger charge is 2.16. The summed E-state index contributed by atoms with van der Waals surface area (Å²) in [5.41, 5.74) is 1.26. The summed E-state index contributed by atoms with van der Waals surface area (Å²) in [6.45, 7) is 3.56. The maximum atomic E-state index is 11.5. The van der Waals surface area contributed by atoms with E-state index in [0.717, 1.165) is 38.4 Å². The fourth-order valence-corrected chi connectivity index (χ4v) is 2.84. The zero-order valence-corrected chi connectivity index (χ0v) is 10.2. The van der Waals surface area contributed by atoms with Gasteiger partial charge < -0.3 is 0 Å². The molecule has 5 nitrogen and oxygen atoms in total. The standard InChI is InChI=1S/C11H14N4OS/c16-11-13-12-10-1-3-14(4-5-15(10)11)7-9-2-6-17-8-9/h2,6,8H,1,3-5,7H2,(H,13,16). The second-order valence-corrected chi connectivity index (χ2v) is 5.03. The number of H-pyrrole nitrogens is 1. The molecule has 0 aromatic carbocycles. The van der Waals surface area contributed by atoms with Gasteiger partial charge in [0.25, 0.3) is 0 Å². The Kier molecular flexibility index (Phi) is 2.82. The van der Waals surface area contributed by atoms with Crippen molar-refractivity contribution in [1.29, 1.82) is 0 Å². The number of fused-ring (bicyclic) bond motifs is 1. The maximum Gasteiger partial charge on any atom is 0.343 e. The number of aromatic amines is 1. The van der Waals surface area contributed by atoms with Gasteiger partial charge in [-0.1, -0.05) is 0 Å². The third-order valence-corrected chi connectivity index (χ3v) is 3.85. The fourth-order valence-electron chi connectivity index (χ4n) is 2.18. The molecule has 2 aromatic heterocycles. The fraction of sp³-hybridized carbons (Fsp3) is 0.455. The number of nitrogens with one attached hydrogen (secondary N) is 1. The average molecular weight is 250 g/mol. The number of rotatable bonds is 2. The van der Waals surface area contributed by atoms with E-state index in [1.807, 2.05) is 0 Å². The molecule has 90 valence electrons. The predicted octanol–water partition coefficient (Wildman–Crippen LogP) is 0.691. The summed E-state index contributed by atoms with van der Waals surface area (Å²) < 4.78 is 1.74. The summed E-state index contributed by atoms with van der Waals surface area (Å²) in [4.78, 5) is 13.8. The van der Waals surface area contributed by atoms with Gasteiger partial charge in [-0.3, -0.25) is 9.47 Å². The van der Waals surface area contributed by atoms with E-state index < -0.39 is 0 Å². The van der Waals surface area contributed by atoms with Crippen molar-refractivity contribution in [3.8, 4) is 0 Å². The lowest BCUT2D eigenvalue weighted by Crippen LogP contribution is -2.28. The van der Waals surface area contributed by atoms with Crippen molar-refractivity contribution >= 4 is 11.3 Å². The first-order valence-electron chi connectivity index (χ1n) is 5.70. The number of hydrogen-bond acceptors (Lipinski definition) is 4. The number of hydrogen-bond donors (Lipinski definition) is 1. The minimum absolute atomic E-state index is 0.0858. The third kappa shape index (κ3) is 2.18. The second-order valence-electron chi connectivity index (χ2n) is 4.25. The Labute approximate surface area is 103 Å². The van der Waals surface area contributed by atoms with Gasteiger partial charge in [-0.25, -0.2) is 9.89 Å². The summed E-state index contributed by atoms with van der Waals surface area (Å²) in [6.07, 6.45) is 0.836. The van der Waals surface area contributed by atoms with E-state index in [1.165, 1.54) is 5.56 Å². The van der Waals surface area contributed by atoms with Gasteiger partial charge in [-0.2, -0.15) is 16.4 Å². The van der Waals surface area contributed by atoms with Crippen LogP contribution in [0.5, 0.6) is 0 Å². The van der Waals surface area contributed by atoms with Gasteiger partial charge >= 0.3 is 5.69 Å². The molecule has 0 spiro atoms. The quantitative estimate of drug-likeness (QED) is 0.853. The lowest BCUT2D eigenvalue weighted by molar-refractivity contribution is 0.270. The molecule has 1 aliphatic rings. The van der Waals surface area contributed by atoms with Gasteiger partial charge in [-0.15, -0.1) is 0 Å². The normalized spacial score (nSPS) is 16.7. The van der Waals surface area contributed by atoms with Crippen molar-refractivity contribution in [2.24, 2.45) is 0 Å². The molecule has 0 unspecified atom stereocenters. The van der Waals surface area contributed by atoms with E-state index in [4.69, 9.17) is 0 Å². The number of thiophene rings is 1. The van der Waals surface area contributed by atoms with Crippen LogP contribution in [0.3, 0.4) is 0 Å². The van der Waals surface area contributed by atoms with E-state index in [1.54, 1.807) is 15.9 Å². The molecular weight excluding hydrogens is 236 g/mol. The maximum absolute atomic E-state index is 11.5. The highest BCUT2D eigenvalue weighted by molar-refractivity contribution is 7.07. The van der Waals surface area contributed by atoms with Crippen molar-refractivity contribution in [1.82, 2.24) is 19.7 Å². The molecule has 0 bridgehead atoms. The molecule has 0 saturated heterocycles. The summed E-state index contributed by atoms with van der Waals surface area (Å²) in [7, 11) is 0. The largest absolute Gasteiger partial charge is 0.343 e. The van der Waals surface area contributed by atoms with Gasteiger partial charge in [0.05, 0.1) is 0 Å². The van der Waals surface area contributed by atoms with Crippen molar-refractivity contribution in [3.63, 3.8) is 0 Å². The van der Waals surface area contributed by atoms with Crippen LogP contribution in [0.25, 0.3) is 0 Å². The minimum Gasteiger partial charge on any atom is -0.297 e. The monoisotopic (exact) mass is 250 g/mol. The first-order chi connectivity index (χ1) is 8.33. The Morgan fingerprint density at radius 3 is 3.18 bits per heavy atom. The Morgan fingerprint density at radius 2 is 2.35 bits per heavy atom. The third-order valence-electron chi connectivity index (χ3n) is 3.12. The van der Waals surface area contributed by atoms with Crippen molar-refractivity contribution in [3.05, 3.63) is 38.7 Å². The molecule has 0 saturated carbocycles. The first-order valence-corrected chi connectivity index (χ1v) is 6.65. The van der Waals surface area contributed by atoms with E-state index >= 15 is 0 Å². The zero-order chi connectivity index (χ0) is 11.7. The van der Waals surface area contributed by atoms with Gasteiger partial charge in [0.15, 0.2) is 0 Å². The molecule has 0 atom stereocenters. The molecule has 2 aromatic rings. The van der Waals surface area contributed by atoms with E-state index in [0.29, 0.717) is 0 Å². The molecule has 17 heavy (non-hydrogen) atoms. The molecule has 0 amide bonds. The SMILES string of the molecule is O=c1[nH]nc2n1CCN(Cc1ccsc1)CC2. The summed E-state index contributed by atoms with van der Waals surface area (Å²) >= 11 is 1.73. The Balaban J connectivity index is 1.71. The molecule has 0 fully saturated rings. The Hall–Kier alpha value is -1.40. The van der Waals surface area contributed by atoms with Crippen molar-refractivity contribution in [2.75, 3.05) is 13.1 Å². The number of aromatic nitrogens is 3. The smallest absolute Gasteiger partial charge is 0.297 e. The molecule has 1 N–H and O–H groups in total. The van der Waals surface area contributed by atoms with Gasteiger partial charge in [-0.05, 0) is 22.4 Å². The highest BCUT2D eigenvalue weighted by Crippen LogP contribution is 2.11. The van der Waals surface area contributed by atoms with Crippen LogP contribution in [0, 0.1) is 0 Å². The molecule has 3 rings (SSSR count). The first kappa shape index (κ1) is 10.7. The lowest BCUT2D eigenvalue weighted by Gasteiger charge is -2.18. The predicted molar refractivity (Wildman–Crippen MR) is 66.1 cm³/mol. The molecule has 6 heteroatoms. The Bertz CT molecular complexity index is 542. The van der Waals surface area contributed by atoms with Crippen LogP contribution in [0.15, 0.2) is 21.6 Å². The molecular formula is C11H14N4OS. The van der Waals surface area contributed by atoms with Gasteiger partial charge in [0, 0.05) is 32.6 Å².